The summed E-state index contributed by atoms with van der Waals surface area (Å²) in [4.78, 5) is 11.7. The molecule has 0 aliphatic rings. The Labute approximate surface area is 144 Å². The molecule has 0 atom stereocenters. The van der Waals surface area contributed by atoms with Crippen molar-refractivity contribution >= 4 is 6.09 Å². The average Bonchev–Trinajstić information content (AvgIpc) is 2.48. The first-order chi connectivity index (χ1) is 11.1. The number of nitrogens with zero attached hydrogens (tertiary/aromatic N) is 1. The van der Waals surface area contributed by atoms with Gasteiger partial charge in [0.2, 0.25) is 0 Å². The topological polar surface area (TPSA) is 83.4 Å². The van der Waals surface area contributed by atoms with Gasteiger partial charge in [-0.3, -0.25) is 0 Å². The molecular weight excluding hydrogens is 306 g/mol. The van der Waals surface area contributed by atoms with Crippen LogP contribution < -0.4 is 15.4 Å². The highest BCUT2D eigenvalue weighted by Crippen LogP contribution is 2.18. The van der Waals surface area contributed by atoms with E-state index in [0.29, 0.717) is 18.8 Å². The molecule has 0 fully saturated rings. The van der Waals surface area contributed by atoms with Crippen LogP contribution in [0.4, 0.5) is 4.79 Å². The van der Waals surface area contributed by atoms with Gasteiger partial charge in [-0.05, 0) is 40.7 Å². The Kier molecular flexibility index (Phi) is 7.05. The maximum absolute atomic E-state index is 11.7. The number of nitriles is 1. The molecule has 0 saturated carbocycles. The summed E-state index contributed by atoms with van der Waals surface area (Å²) in [5.41, 5.74) is 0.107. The Morgan fingerprint density at radius 2 is 1.88 bits per heavy atom. The molecule has 132 valence electrons. The predicted octanol–water partition coefficient (Wildman–Crippen LogP) is 2.98. The van der Waals surface area contributed by atoms with Gasteiger partial charge in [-0.2, -0.15) is 5.26 Å². The van der Waals surface area contributed by atoms with Crippen molar-refractivity contribution < 1.29 is 14.3 Å². The van der Waals surface area contributed by atoms with Gasteiger partial charge in [0.1, 0.15) is 17.4 Å². The summed E-state index contributed by atoms with van der Waals surface area (Å²) in [6.07, 6.45) is -0.435. The van der Waals surface area contributed by atoms with E-state index in [1.54, 1.807) is 0 Å². The third kappa shape index (κ3) is 7.84. The number of amides is 1. The van der Waals surface area contributed by atoms with Crippen molar-refractivity contribution in [3.63, 3.8) is 0 Å². The summed E-state index contributed by atoms with van der Waals surface area (Å²) in [6, 6.07) is 9.52. The van der Waals surface area contributed by atoms with Gasteiger partial charge in [0.05, 0.1) is 0 Å². The highest BCUT2D eigenvalue weighted by Gasteiger charge is 2.21. The molecule has 0 aliphatic heterocycles. The van der Waals surface area contributed by atoms with E-state index >= 15 is 0 Å². The Bertz CT molecular complexity index is 586. The van der Waals surface area contributed by atoms with Gasteiger partial charge >= 0.3 is 6.09 Å². The van der Waals surface area contributed by atoms with Gasteiger partial charge in [-0.1, -0.05) is 18.2 Å². The first kappa shape index (κ1) is 19.8. The van der Waals surface area contributed by atoms with Crippen molar-refractivity contribution in [1.82, 2.24) is 10.6 Å². The van der Waals surface area contributed by atoms with Crippen LogP contribution in [-0.4, -0.2) is 30.4 Å². The van der Waals surface area contributed by atoms with E-state index in [0.717, 1.165) is 5.56 Å². The third-order valence-electron chi connectivity index (χ3n) is 3.10. The number of hydrogen-bond acceptors (Lipinski definition) is 5. The Morgan fingerprint density at radius 1 is 1.21 bits per heavy atom. The lowest BCUT2D eigenvalue weighted by Crippen LogP contribution is -2.49. The molecule has 0 aromatic heterocycles. The minimum absolute atomic E-state index is 0.0145. The van der Waals surface area contributed by atoms with Crippen LogP contribution in [-0.2, 0) is 11.3 Å². The second-order valence-electron chi connectivity index (χ2n) is 7.15. The Morgan fingerprint density at radius 3 is 2.50 bits per heavy atom. The highest BCUT2D eigenvalue weighted by molar-refractivity contribution is 5.67. The minimum atomic E-state index is -0.515. The standard InChI is InChI=1S/C18H27N3O3/c1-17(2,3)24-16(22)20-13-18(4,5)21-12-14-8-6-7-9-15(14)23-11-10-19/h6-9,21H,11-13H2,1-5H3,(H,20,22). The van der Waals surface area contributed by atoms with Crippen LogP contribution in [0, 0.1) is 11.3 Å². The van der Waals surface area contributed by atoms with E-state index in [2.05, 4.69) is 10.6 Å². The maximum Gasteiger partial charge on any atom is 0.407 e. The van der Waals surface area contributed by atoms with Crippen molar-refractivity contribution in [2.75, 3.05) is 13.2 Å². The number of alkyl carbamates (subject to hydrolysis) is 1. The molecule has 0 radical (unpaired) electrons. The van der Waals surface area contributed by atoms with Crippen molar-refractivity contribution in [3.8, 4) is 11.8 Å². The van der Waals surface area contributed by atoms with Crippen molar-refractivity contribution in [2.24, 2.45) is 0 Å². The molecule has 0 bridgehead atoms. The van der Waals surface area contributed by atoms with Crippen LogP contribution in [0.1, 0.15) is 40.2 Å². The van der Waals surface area contributed by atoms with Crippen LogP contribution in [0.5, 0.6) is 5.75 Å². The van der Waals surface area contributed by atoms with Crippen LogP contribution in [0.3, 0.4) is 0 Å². The molecule has 1 aromatic carbocycles. The fraction of sp³-hybridized carbons (Fsp3) is 0.556. The summed E-state index contributed by atoms with van der Waals surface area (Å²) >= 11 is 0. The minimum Gasteiger partial charge on any atom is -0.478 e. The zero-order valence-corrected chi connectivity index (χ0v) is 15.1. The van der Waals surface area contributed by atoms with Crippen LogP contribution >= 0.6 is 0 Å². The molecule has 6 nitrogen and oxygen atoms in total. The molecular formula is C18H27N3O3. The molecule has 1 aromatic rings. The van der Waals surface area contributed by atoms with Gasteiger partial charge in [0.15, 0.2) is 6.61 Å². The number of rotatable bonds is 7. The lowest BCUT2D eigenvalue weighted by molar-refractivity contribution is 0.0513. The fourth-order valence-corrected chi connectivity index (χ4v) is 1.91. The number of carbonyl (C=O) groups excluding carboxylic acids is 1. The van der Waals surface area contributed by atoms with Crippen LogP contribution in [0.2, 0.25) is 0 Å². The lowest BCUT2D eigenvalue weighted by atomic mass is 10.0. The van der Waals surface area contributed by atoms with E-state index in [1.165, 1.54) is 0 Å². The molecule has 0 unspecified atom stereocenters. The van der Waals surface area contributed by atoms with Gasteiger partial charge in [0.25, 0.3) is 0 Å². The SMILES string of the molecule is CC(C)(CNC(=O)OC(C)(C)C)NCc1ccccc1OCC#N. The smallest absolute Gasteiger partial charge is 0.407 e. The van der Waals surface area contributed by atoms with E-state index in [1.807, 2.05) is 65.0 Å². The van der Waals surface area contributed by atoms with Crippen LogP contribution in [0.25, 0.3) is 0 Å². The largest absolute Gasteiger partial charge is 0.478 e. The molecule has 2 N–H and O–H groups in total. The summed E-state index contributed by atoms with van der Waals surface area (Å²) in [5.74, 6) is 0.683. The Hall–Kier alpha value is -2.26. The second kappa shape index (κ2) is 8.55. The van der Waals surface area contributed by atoms with Gasteiger partial charge in [-0.25, -0.2) is 4.79 Å². The summed E-state index contributed by atoms with van der Waals surface area (Å²) in [7, 11) is 0. The van der Waals surface area contributed by atoms with Crippen molar-refractivity contribution in [3.05, 3.63) is 29.8 Å². The molecule has 0 spiro atoms. The first-order valence-electron chi connectivity index (χ1n) is 7.92. The monoisotopic (exact) mass is 333 g/mol. The van der Waals surface area contributed by atoms with Gasteiger partial charge < -0.3 is 20.1 Å². The molecule has 0 saturated heterocycles. The van der Waals surface area contributed by atoms with Crippen LogP contribution in [0.15, 0.2) is 24.3 Å². The number of hydrogen-bond donors (Lipinski definition) is 2. The lowest BCUT2D eigenvalue weighted by Gasteiger charge is -2.28. The Balaban J connectivity index is 2.54. The van der Waals surface area contributed by atoms with Crippen molar-refractivity contribution in [1.29, 1.82) is 5.26 Å². The molecule has 0 heterocycles. The van der Waals surface area contributed by atoms with Gasteiger partial charge in [-0.15, -0.1) is 0 Å². The fourth-order valence-electron chi connectivity index (χ4n) is 1.91. The third-order valence-corrected chi connectivity index (χ3v) is 3.10. The number of para-hydroxylation sites is 1. The highest BCUT2D eigenvalue weighted by atomic mass is 16.6. The molecule has 6 heteroatoms. The normalized spacial score (nSPS) is 11.5. The zero-order valence-electron chi connectivity index (χ0n) is 15.1. The number of ether oxygens (including phenoxy) is 2. The summed E-state index contributed by atoms with van der Waals surface area (Å²) in [5, 5.41) is 14.8. The van der Waals surface area contributed by atoms with E-state index in [4.69, 9.17) is 14.7 Å². The van der Waals surface area contributed by atoms with Crippen molar-refractivity contribution in [2.45, 2.75) is 52.3 Å². The summed E-state index contributed by atoms with van der Waals surface area (Å²) in [6.45, 7) is 10.5. The first-order valence-corrected chi connectivity index (χ1v) is 7.92. The average molecular weight is 333 g/mol. The quantitative estimate of drug-likeness (QED) is 0.801. The zero-order chi connectivity index (χ0) is 18.2. The molecule has 0 aliphatic carbocycles. The summed E-state index contributed by atoms with van der Waals surface area (Å²) < 4.78 is 10.6. The van der Waals surface area contributed by atoms with E-state index < -0.39 is 11.7 Å². The number of carbonyl (C=O) groups is 1. The van der Waals surface area contributed by atoms with E-state index in [-0.39, 0.29) is 12.1 Å². The number of nitrogens with one attached hydrogen (secondary N) is 2. The maximum atomic E-state index is 11.7. The van der Waals surface area contributed by atoms with Gasteiger partial charge in [0, 0.05) is 24.2 Å². The van der Waals surface area contributed by atoms with E-state index in [9.17, 15) is 4.79 Å². The predicted molar refractivity (Wildman–Crippen MR) is 92.7 cm³/mol. The molecule has 1 amide bonds. The molecule has 24 heavy (non-hydrogen) atoms. The molecule has 1 rings (SSSR count). The second-order valence-corrected chi connectivity index (χ2v) is 7.15. The number of benzene rings is 1.